The van der Waals surface area contributed by atoms with Crippen LogP contribution in [0, 0.1) is 0 Å². The number of hydrogen-bond donors (Lipinski definition) is 0. The first kappa shape index (κ1) is 8.21. The predicted molar refractivity (Wildman–Crippen MR) is 47.5 cm³/mol. The topological polar surface area (TPSA) is 0 Å². The molecule has 0 fully saturated rings. The van der Waals surface area contributed by atoms with Gasteiger partial charge in [0.05, 0.1) is 0 Å². The maximum absolute atomic E-state index is 2.33. The summed E-state index contributed by atoms with van der Waals surface area (Å²) in [6.45, 7) is 4.14. The summed E-state index contributed by atoms with van der Waals surface area (Å²) in [5, 5.41) is 0. The number of rotatable bonds is 2. The Morgan fingerprint density at radius 1 is 1.62 bits per heavy atom. The van der Waals surface area contributed by atoms with Gasteiger partial charge in [0.15, 0.2) is 0 Å². The third kappa shape index (κ3) is 4.37. The molecule has 0 unspecified atom stereocenters. The second kappa shape index (κ2) is 5.35. The molecule has 0 aromatic rings. The number of hydrogen-bond acceptors (Lipinski definition) is 0. The summed E-state index contributed by atoms with van der Waals surface area (Å²) >= 11 is 2.33. The molecule has 0 rings (SSSR count). The van der Waals surface area contributed by atoms with Crippen LogP contribution >= 0.6 is 22.6 Å². The van der Waals surface area contributed by atoms with Gasteiger partial charge in [-0.1, -0.05) is 46.4 Å². The third-order valence-electron chi connectivity index (χ3n) is 0.829. The zero-order chi connectivity index (χ0) is 6.41. The molecule has 0 heterocycles. The quantitative estimate of drug-likeness (QED) is 0.382. The second-order valence-corrected chi connectivity index (χ2v) is 2.48. The molecule has 0 N–H and O–H groups in total. The molecule has 0 saturated heterocycles. The molecule has 0 radical (unpaired) electrons. The van der Waals surface area contributed by atoms with Crippen LogP contribution in [-0.2, 0) is 0 Å². The van der Waals surface area contributed by atoms with Crippen LogP contribution in [0.2, 0.25) is 0 Å². The van der Waals surface area contributed by atoms with Crippen LogP contribution in [0.1, 0.15) is 13.8 Å². The average Bonchev–Trinajstić information content (AvgIpc) is 1.68. The first-order chi connectivity index (χ1) is 3.81. The minimum absolute atomic E-state index is 1.11. The predicted octanol–water partition coefficient (Wildman–Crippen LogP) is 2.94. The lowest BCUT2D eigenvalue weighted by atomic mass is 10.3. The normalized spacial score (nSPS) is 13.1. The van der Waals surface area contributed by atoms with E-state index in [-0.39, 0.29) is 0 Å². The number of halogens is 1. The lowest BCUT2D eigenvalue weighted by molar-refractivity contribution is 1.48. The van der Waals surface area contributed by atoms with Gasteiger partial charge in [0, 0.05) is 4.43 Å². The van der Waals surface area contributed by atoms with E-state index >= 15 is 0 Å². The van der Waals surface area contributed by atoms with Crippen LogP contribution in [0.25, 0.3) is 0 Å². The Kier molecular flexibility index (Phi) is 5.49. The zero-order valence-electron chi connectivity index (χ0n) is 5.32. The molecule has 0 aromatic carbocycles. The van der Waals surface area contributed by atoms with E-state index in [0.717, 1.165) is 4.43 Å². The highest BCUT2D eigenvalue weighted by Gasteiger charge is 1.74. The van der Waals surface area contributed by atoms with Crippen molar-refractivity contribution in [3.8, 4) is 0 Å². The minimum atomic E-state index is 1.11. The molecular formula is C7H11I. The van der Waals surface area contributed by atoms with E-state index in [1.165, 1.54) is 5.57 Å². The van der Waals surface area contributed by atoms with Gasteiger partial charge in [0.2, 0.25) is 0 Å². The Labute approximate surface area is 64.8 Å². The molecule has 0 saturated carbocycles. The van der Waals surface area contributed by atoms with Crippen molar-refractivity contribution in [2.45, 2.75) is 13.8 Å². The summed E-state index contributed by atoms with van der Waals surface area (Å²) in [4.78, 5) is 0. The van der Waals surface area contributed by atoms with E-state index in [9.17, 15) is 0 Å². The Bertz CT molecular complexity index is 101. The first-order valence-electron chi connectivity index (χ1n) is 2.66. The van der Waals surface area contributed by atoms with Crippen molar-refractivity contribution < 1.29 is 0 Å². The lowest BCUT2D eigenvalue weighted by Gasteiger charge is -1.84. The maximum atomic E-state index is 2.33. The summed E-state index contributed by atoms with van der Waals surface area (Å²) in [6.07, 6.45) is 6.36. The highest BCUT2D eigenvalue weighted by Crippen LogP contribution is 1.95. The molecule has 1 heteroatoms. The summed E-state index contributed by atoms with van der Waals surface area (Å²) < 4.78 is 1.11. The Balaban J connectivity index is 3.61. The van der Waals surface area contributed by atoms with Gasteiger partial charge < -0.3 is 0 Å². The number of alkyl halides is 1. The molecule has 0 atom stereocenters. The lowest BCUT2D eigenvalue weighted by Crippen LogP contribution is -1.66. The third-order valence-corrected chi connectivity index (χ3v) is 1.27. The van der Waals surface area contributed by atoms with E-state index in [2.05, 4.69) is 47.7 Å². The molecule has 0 aliphatic heterocycles. The van der Waals surface area contributed by atoms with Crippen molar-refractivity contribution in [3.05, 3.63) is 23.8 Å². The van der Waals surface area contributed by atoms with Gasteiger partial charge in [-0.05, 0) is 13.8 Å². The second-order valence-electron chi connectivity index (χ2n) is 1.60. The summed E-state index contributed by atoms with van der Waals surface area (Å²) in [5.74, 6) is 0. The number of allylic oxidation sites excluding steroid dienone is 4. The zero-order valence-corrected chi connectivity index (χ0v) is 7.47. The van der Waals surface area contributed by atoms with Gasteiger partial charge in [-0.3, -0.25) is 0 Å². The first-order valence-corrected chi connectivity index (χ1v) is 4.19. The molecule has 8 heavy (non-hydrogen) atoms. The molecule has 0 aromatic heterocycles. The standard InChI is InChI=1S/C7H11I/c1-3-4-7(2)5-6-8/h3-5H,6H2,1-2H3/b4-3-,7-5-. The summed E-state index contributed by atoms with van der Waals surface area (Å²) in [6, 6.07) is 0. The fraction of sp³-hybridized carbons (Fsp3) is 0.429. The fourth-order valence-corrected chi connectivity index (χ4v) is 1.15. The van der Waals surface area contributed by atoms with Gasteiger partial charge in [0.1, 0.15) is 0 Å². The van der Waals surface area contributed by atoms with Crippen LogP contribution in [0.3, 0.4) is 0 Å². The van der Waals surface area contributed by atoms with Gasteiger partial charge in [-0.15, -0.1) is 0 Å². The van der Waals surface area contributed by atoms with Crippen LogP contribution in [0.15, 0.2) is 23.8 Å². The largest absolute Gasteiger partial charge is 0.0874 e. The van der Waals surface area contributed by atoms with Crippen LogP contribution in [0.5, 0.6) is 0 Å². The van der Waals surface area contributed by atoms with Crippen LogP contribution in [-0.4, -0.2) is 4.43 Å². The monoisotopic (exact) mass is 222 g/mol. The molecule has 0 spiro atoms. The van der Waals surface area contributed by atoms with Crippen molar-refractivity contribution >= 4 is 22.6 Å². The van der Waals surface area contributed by atoms with Crippen LogP contribution in [0.4, 0.5) is 0 Å². The summed E-state index contributed by atoms with van der Waals surface area (Å²) in [7, 11) is 0. The average molecular weight is 222 g/mol. The van der Waals surface area contributed by atoms with Crippen molar-refractivity contribution in [1.82, 2.24) is 0 Å². The van der Waals surface area contributed by atoms with Gasteiger partial charge >= 0.3 is 0 Å². The molecule has 0 amide bonds. The summed E-state index contributed by atoms with van der Waals surface area (Å²) in [5.41, 5.74) is 1.35. The van der Waals surface area contributed by atoms with Crippen molar-refractivity contribution in [1.29, 1.82) is 0 Å². The van der Waals surface area contributed by atoms with E-state index < -0.39 is 0 Å². The molecular weight excluding hydrogens is 211 g/mol. The molecule has 0 aliphatic rings. The van der Waals surface area contributed by atoms with Crippen LogP contribution < -0.4 is 0 Å². The molecule has 0 bridgehead atoms. The fourth-order valence-electron chi connectivity index (χ4n) is 0.453. The van der Waals surface area contributed by atoms with E-state index in [4.69, 9.17) is 0 Å². The van der Waals surface area contributed by atoms with Gasteiger partial charge in [-0.25, -0.2) is 0 Å². The smallest absolute Gasteiger partial charge is 0.0181 e. The van der Waals surface area contributed by atoms with Crippen molar-refractivity contribution in [2.24, 2.45) is 0 Å². The van der Waals surface area contributed by atoms with Crippen molar-refractivity contribution in [3.63, 3.8) is 0 Å². The molecule has 46 valence electrons. The minimum Gasteiger partial charge on any atom is -0.0874 e. The van der Waals surface area contributed by atoms with Gasteiger partial charge in [-0.2, -0.15) is 0 Å². The van der Waals surface area contributed by atoms with E-state index in [1.54, 1.807) is 0 Å². The Hall–Kier alpha value is 0.210. The SMILES string of the molecule is C/C=C\C(C)=C/CI. The Morgan fingerprint density at radius 2 is 2.25 bits per heavy atom. The highest BCUT2D eigenvalue weighted by atomic mass is 127. The molecule has 0 nitrogen and oxygen atoms in total. The maximum Gasteiger partial charge on any atom is 0.0181 e. The van der Waals surface area contributed by atoms with E-state index in [1.807, 2.05) is 6.92 Å². The Morgan fingerprint density at radius 3 is 2.62 bits per heavy atom. The highest BCUT2D eigenvalue weighted by molar-refractivity contribution is 14.1. The van der Waals surface area contributed by atoms with E-state index in [0.29, 0.717) is 0 Å². The molecule has 0 aliphatic carbocycles. The van der Waals surface area contributed by atoms with Crippen molar-refractivity contribution in [2.75, 3.05) is 4.43 Å². The van der Waals surface area contributed by atoms with Gasteiger partial charge in [0.25, 0.3) is 0 Å².